The topological polar surface area (TPSA) is 76.6 Å². The standard InChI is InChI=1S/C20H19N5OS/c21-12-15(20-24-23-18-9-5-2-6-10-25(18)20)11-16-14-27-19(22-16)13-26-17-7-3-1-4-8-17/h1,3-4,7-8,11,14H,2,5-6,9-10,13H2. The summed E-state index contributed by atoms with van der Waals surface area (Å²) >= 11 is 1.52. The molecule has 0 bridgehead atoms. The number of allylic oxidation sites excluding steroid dienone is 1. The van der Waals surface area contributed by atoms with Crippen LogP contribution >= 0.6 is 11.3 Å². The van der Waals surface area contributed by atoms with Crippen molar-refractivity contribution in [2.24, 2.45) is 0 Å². The average molecular weight is 377 g/mol. The number of benzene rings is 1. The van der Waals surface area contributed by atoms with Crippen LogP contribution in [0.25, 0.3) is 11.6 Å². The highest BCUT2D eigenvalue weighted by Gasteiger charge is 2.18. The Morgan fingerprint density at radius 1 is 1.22 bits per heavy atom. The van der Waals surface area contributed by atoms with E-state index >= 15 is 0 Å². The number of aryl methyl sites for hydroxylation is 1. The van der Waals surface area contributed by atoms with Gasteiger partial charge in [-0.3, -0.25) is 0 Å². The number of nitrogens with zero attached hydrogens (tertiary/aromatic N) is 5. The zero-order valence-electron chi connectivity index (χ0n) is 14.8. The molecule has 2 aromatic heterocycles. The Balaban J connectivity index is 1.51. The Morgan fingerprint density at radius 3 is 2.96 bits per heavy atom. The number of fused-ring (bicyclic) bond motifs is 1. The van der Waals surface area contributed by atoms with Crippen molar-refractivity contribution < 1.29 is 4.74 Å². The fraction of sp³-hybridized carbons (Fsp3) is 0.300. The molecule has 0 saturated carbocycles. The molecule has 4 rings (SSSR count). The van der Waals surface area contributed by atoms with Gasteiger partial charge in [0.1, 0.15) is 29.3 Å². The number of rotatable bonds is 5. The minimum atomic E-state index is 0.407. The van der Waals surface area contributed by atoms with E-state index in [2.05, 4.69) is 25.8 Å². The maximum Gasteiger partial charge on any atom is 0.174 e. The lowest BCUT2D eigenvalue weighted by atomic mass is 10.2. The highest BCUT2D eigenvalue weighted by molar-refractivity contribution is 7.09. The van der Waals surface area contributed by atoms with Crippen molar-refractivity contribution in [1.82, 2.24) is 19.7 Å². The Hall–Kier alpha value is -2.98. The van der Waals surface area contributed by atoms with Crippen LogP contribution in [-0.4, -0.2) is 19.7 Å². The summed E-state index contributed by atoms with van der Waals surface area (Å²) < 4.78 is 7.81. The molecule has 0 amide bonds. The van der Waals surface area contributed by atoms with E-state index in [1.807, 2.05) is 35.7 Å². The monoisotopic (exact) mass is 377 g/mol. The van der Waals surface area contributed by atoms with E-state index in [-0.39, 0.29) is 0 Å². The summed E-state index contributed by atoms with van der Waals surface area (Å²) in [4.78, 5) is 4.56. The minimum absolute atomic E-state index is 0.407. The molecular formula is C20H19N5OS. The van der Waals surface area contributed by atoms with Crippen LogP contribution in [0.4, 0.5) is 0 Å². The Morgan fingerprint density at radius 2 is 2.11 bits per heavy atom. The third-order valence-electron chi connectivity index (χ3n) is 4.44. The average Bonchev–Trinajstić information content (AvgIpc) is 3.25. The summed E-state index contributed by atoms with van der Waals surface area (Å²) in [5.74, 6) is 2.43. The van der Waals surface area contributed by atoms with Gasteiger partial charge in [0.05, 0.1) is 11.3 Å². The highest BCUT2D eigenvalue weighted by Crippen LogP contribution is 2.22. The highest BCUT2D eigenvalue weighted by atomic mass is 32.1. The lowest BCUT2D eigenvalue weighted by molar-refractivity contribution is 0.305. The summed E-state index contributed by atoms with van der Waals surface area (Å²) in [5.41, 5.74) is 1.24. The van der Waals surface area contributed by atoms with Crippen molar-refractivity contribution in [3.05, 3.63) is 58.1 Å². The number of hydrogen-bond acceptors (Lipinski definition) is 6. The molecule has 1 aliphatic rings. The molecule has 0 N–H and O–H groups in total. The molecule has 3 heterocycles. The van der Waals surface area contributed by atoms with Gasteiger partial charge in [-0.15, -0.1) is 21.5 Å². The lowest BCUT2D eigenvalue weighted by Gasteiger charge is -2.05. The Kier molecular flexibility index (Phi) is 5.26. The quantitative estimate of drug-likeness (QED) is 0.626. The molecule has 1 aliphatic heterocycles. The van der Waals surface area contributed by atoms with Crippen molar-refractivity contribution in [2.75, 3.05) is 0 Å². The van der Waals surface area contributed by atoms with E-state index in [0.29, 0.717) is 18.0 Å². The Labute approximate surface area is 161 Å². The molecule has 0 radical (unpaired) electrons. The minimum Gasteiger partial charge on any atom is -0.486 e. The van der Waals surface area contributed by atoms with Gasteiger partial charge in [-0.2, -0.15) is 5.26 Å². The van der Waals surface area contributed by atoms with Crippen molar-refractivity contribution in [3.63, 3.8) is 0 Å². The van der Waals surface area contributed by atoms with Crippen LogP contribution in [0.15, 0.2) is 35.7 Å². The van der Waals surface area contributed by atoms with Crippen LogP contribution in [0.1, 0.15) is 41.6 Å². The molecule has 136 valence electrons. The van der Waals surface area contributed by atoms with Gasteiger partial charge < -0.3 is 9.30 Å². The molecule has 0 atom stereocenters. The maximum atomic E-state index is 9.64. The molecule has 0 fully saturated rings. The van der Waals surface area contributed by atoms with Gasteiger partial charge >= 0.3 is 0 Å². The second-order valence-corrected chi connectivity index (χ2v) is 7.28. The maximum absolute atomic E-state index is 9.64. The first-order valence-corrected chi connectivity index (χ1v) is 9.88. The number of nitriles is 1. The fourth-order valence-electron chi connectivity index (χ4n) is 3.10. The van der Waals surface area contributed by atoms with Gasteiger partial charge in [0.25, 0.3) is 0 Å². The van der Waals surface area contributed by atoms with Gasteiger partial charge in [-0.1, -0.05) is 24.6 Å². The number of aromatic nitrogens is 4. The Bertz CT molecular complexity index is 983. The molecule has 0 spiro atoms. The number of thiazole rings is 1. The summed E-state index contributed by atoms with van der Waals surface area (Å²) in [6.45, 7) is 1.27. The summed E-state index contributed by atoms with van der Waals surface area (Å²) in [7, 11) is 0. The van der Waals surface area contributed by atoms with Gasteiger partial charge in [0.2, 0.25) is 0 Å². The van der Waals surface area contributed by atoms with Crippen LogP contribution in [0.2, 0.25) is 0 Å². The summed E-state index contributed by atoms with van der Waals surface area (Å²) in [6.07, 6.45) is 6.11. The third-order valence-corrected chi connectivity index (χ3v) is 5.28. The molecule has 27 heavy (non-hydrogen) atoms. The molecule has 1 aromatic carbocycles. The van der Waals surface area contributed by atoms with E-state index in [9.17, 15) is 5.26 Å². The molecular weight excluding hydrogens is 358 g/mol. The van der Waals surface area contributed by atoms with Gasteiger partial charge in [-0.25, -0.2) is 4.98 Å². The van der Waals surface area contributed by atoms with E-state index in [0.717, 1.165) is 48.1 Å². The SMILES string of the molecule is N#CC(=Cc1csc(COc2ccccc2)n1)c1nnc2n1CCCCC2. The van der Waals surface area contributed by atoms with Gasteiger partial charge in [0.15, 0.2) is 5.82 Å². The van der Waals surface area contributed by atoms with Crippen molar-refractivity contribution in [3.8, 4) is 11.8 Å². The smallest absolute Gasteiger partial charge is 0.174 e. The van der Waals surface area contributed by atoms with Gasteiger partial charge in [-0.05, 0) is 31.1 Å². The third kappa shape index (κ3) is 4.07. The predicted octanol–water partition coefficient (Wildman–Crippen LogP) is 4.10. The molecule has 7 heteroatoms. The second kappa shape index (κ2) is 8.14. The van der Waals surface area contributed by atoms with Crippen molar-refractivity contribution in [2.45, 2.75) is 38.8 Å². The largest absolute Gasteiger partial charge is 0.486 e. The zero-order chi connectivity index (χ0) is 18.5. The van der Waals surface area contributed by atoms with Crippen molar-refractivity contribution in [1.29, 1.82) is 5.26 Å². The van der Waals surface area contributed by atoms with Crippen LogP contribution in [0.5, 0.6) is 5.75 Å². The first-order valence-electron chi connectivity index (χ1n) is 9.00. The summed E-state index contributed by atoms with van der Waals surface area (Å²) in [6, 6.07) is 11.9. The van der Waals surface area contributed by atoms with Crippen LogP contribution < -0.4 is 4.74 Å². The van der Waals surface area contributed by atoms with E-state index < -0.39 is 0 Å². The molecule has 3 aromatic rings. The van der Waals surface area contributed by atoms with E-state index in [4.69, 9.17) is 4.74 Å². The zero-order valence-corrected chi connectivity index (χ0v) is 15.7. The summed E-state index contributed by atoms with van der Waals surface area (Å²) in [5, 5.41) is 21.0. The molecule has 0 aliphatic carbocycles. The predicted molar refractivity (Wildman–Crippen MR) is 104 cm³/mol. The van der Waals surface area contributed by atoms with Crippen LogP contribution in [-0.2, 0) is 19.6 Å². The van der Waals surface area contributed by atoms with Crippen molar-refractivity contribution >= 4 is 23.0 Å². The fourth-order valence-corrected chi connectivity index (χ4v) is 3.76. The molecule has 6 nitrogen and oxygen atoms in total. The van der Waals surface area contributed by atoms with E-state index in [1.54, 1.807) is 6.08 Å². The van der Waals surface area contributed by atoms with E-state index in [1.165, 1.54) is 17.8 Å². The van der Waals surface area contributed by atoms with Crippen LogP contribution in [0.3, 0.4) is 0 Å². The first kappa shape index (κ1) is 17.4. The molecule has 0 saturated heterocycles. The molecule has 0 unspecified atom stereocenters. The number of para-hydroxylation sites is 1. The normalized spacial score (nSPS) is 14.3. The second-order valence-electron chi connectivity index (χ2n) is 6.34. The van der Waals surface area contributed by atoms with Gasteiger partial charge in [0, 0.05) is 18.3 Å². The number of ether oxygens (including phenoxy) is 1. The first-order chi connectivity index (χ1) is 13.3. The lowest BCUT2D eigenvalue weighted by Crippen LogP contribution is -2.05. The van der Waals surface area contributed by atoms with Crippen LogP contribution in [0, 0.1) is 11.3 Å². The number of hydrogen-bond donors (Lipinski definition) is 0.